The van der Waals surface area contributed by atoms with Crippen LogP contribution in [-0.4, -0.2) is 44.5 Å². The molecule has 134 valence electrons. The number of hydrogen-bond donors (Lipinski definition) is 2. The first-order valence-electron chi connectivity index (χ1n) is 8.57. The smallest absolute Gasteiger partial charge is 0.249 e. The van der Waals surface area contributed by atoms with Crippen molar-refractivity contribution in [1.29, 1.82) is 0 Å². The fourth-order valence-corrected chi connectivity index (χ4v) is 2.67. The number of ether oxygens (including phenoxy) is 3. The second kappa shape index (κ2) is 9.61. The van der Waals surface area contributed by atoms with Gasteiger partial charge in [0.05, 0.1) is 12.7 Å². The Morgan fingerprint density at radius 3 is 2.92 bits per heavy atom. The lowest BCUT2D eigenvalue weighted by Gasteiger charge is -2.15. The number of carbonyl (C=O) groups is 1. The zero-order chi connectivity index (χ0) is 17.4. The number of amides is 1. The highest BCUT2D eigenvalue weighted by atomic mass is 16.5. The molecule has 0 aromatic heterocycles. The minimum absolute atomic E-state index is 0.00224. The Morgan fingerprint density at radius 1 is 1.38 bits per heavy atom. The monoisotopic (exact) mass is 336 g/mol. The van der Waals surface area contributed by atoms with E-state index in [2.05, 4.69) is 5.32 Å². The van der Waals surface area contributed by atoms with Crippen LogP contribution in [0.1, 0.15) is 30.9 Å². The molecule has 1 aromatic carbocycles. The molecule has 1 aliphatic heterocycles. The summed E-state index contributed by atoms with van der Waals surface area (Å²) in [6.07, 6.45) is 1.16. The molecule has 2 atom stereocenters. The van der Waals surface area contributed by atoms with Crippen LogP contribution in [0.4, 0.5) is 0 Å². The SMILES string of the molecule is CCOCCOc1cc(C)ccc1CNC(=O)[C@@H]1CC[C@H](CN)O1. The van der Waals surface area contributed by atoms with Gasteiger partial charge in [-0.05, 0) is 38.3 Å². The summed E-state index contributed by atoms with van der Waals surface area (Å²) in [6.45, 7) is 6.54. The first kappa shape index (κ1) is 18.7. The maximum absolute atomic E-state index is 12.2. The molecular formula is C18H28N2O4. The van der Waals surface area contributed by atoms with Crippen LogP contribution in [0.25, 0.3) is 0 Å². The topological polar surface area (TPSA) is 82.8 Å². The molecule has 2 rings (SSSR count). The lowest BCUT2D eigenvalue weighted by Crippen LogP contribution is -2.35. The van der Waals surface area contributed by atoms with Crippen LogP contribution in [0.2, 0.25) is 0 Å². The Labute approximate surface area is 143 Å². The van der Waals surface area contributed by atoms with Gasteiger partial charge >= 0.3 is 0 Å². The number of benzene rings is 1. The Bertz CT molecular complexity index is 536. The van der Waals surface area contributed by atoms with Crippen LogP contribution in [0.15, 0.2) is 18.2 Å². The molecule has 1 saturated heterocycles. The average Bonchev–Trinajstić information content (AvgIpc) is 3.07. The molecule has 1 aliphatic rings. The highest BCUT2D eigenvalue weighted by Gasteiger charge is 2.29. The van der Waals surface area contributed by atoms with Gasteiger partial charge in [-0.3, -0.25) is 4.79 Å². The fraction of sp³-hybridized carbons (Fsp3) is 0.611. The normalized spacial score (nSPS) is 20.1. The van der Waals surface area contributed by atoms with Crippen LogP contribution >= 0.6 is 0 Å². The molecule has 24 heavy (non-hydrogen) atoms. The van der Waals surface area contributed by atoms with E-state index in [1.165, 1.54) is 0 Å². The van der Waals surface area contributed by atoms with E-state index in [-0.39, 0.29) is 12.0 Å². The van der Waals surface area contributed by atoms with Gasteiger partial charge in [-0.25, -0.2) is 0 Å². The van der Waals surface area contributed by atoms with Gasteiger partial charge in [0, 0.05) is 25.3 Å². The predicted molar refractivity (Wildman–Crippen MR) is 92.0 cm³/mol. The number of hydrogen-bond acceptors (Lipinski definition) is 5. The molecule has 0 aliphatic carbocycles. The van der Waals surface area contributed by atoms with Crippen molar-refractivity contribution in [2.75, 3.05) is 26.4 Å². The summed E-state index contributed by atoms with van der Waals surface area (Å²) in [6, 6.07) is 5.96. The third-order valence-corrected chi connectivity index (χ3v) is 4.03. The van der Waals surface area contributed by atoms with Crippen LogP contribution in [0, 0.1) is 6.92 Å². The molecule has 1 aromatic rings. The van der Waals surface area contributed by atoms with Crippen LogP contribution in [-0.2, 0) is 20.8 Å². The molecule has 1 fully saturated rings. The van der Waals surface area contributed by atoms with Crippen molar-refractivity contribution >= 4 is 5.91 Å². The number of nitrogens with two attached hydrogens (primary N) is 1. The summed E-state index contributed by atoms with van der Waals surface area (Å²) in [4.78, 5) is 12.2. The Kier molecular flexibility index (Phi) is 7.49. The highest BCUT2D eigenvalue weighted by Crippen LogP contribution is 2.22. The van der Waals surface area contributed by atoms with Crippen LogP contribution < -0.4 is 15.8 Å². The van der Waals surface area contributed by atoms with Gasteiger partial charge < -0.3 is 25.3 Å². The molecule has 6 nitrogen and oxygen atoms in total. The zero-order valence-electron chi connectivity index (χ0n) is 14.5. The minimum Gasteiger partial charge on any atom is -0.491 e. The third kappa shape index (κ3) is 5.47. The number of aryl methyl sites for hydroxylation is 1. The fourth-order valence-electron chi connectivity index (χ4n) is 2.67. The predicted octanol–water partition coefficient (Wildman–Crippen LogP) is 1.53. The van der Waals surface area contributed by atoms with E-state index >= 15 is 0 Å². The lowest BCUT2D eigenvalue weighted by atomic mass is 10.1. The van der Waals surface area contributed by atoms with E-state index < -0.39 is 6.10 Å². The van der Waals surface area contributed by atoms with E-state index in [0.29, 0.717) is 32.9 Å². The molecular weight excluding hydrogens is 308 g/mol. The second-order valence-corrected chi connectivity index (χ2v) is 5.93. The Hall–Kier alpha value is -1.63. The second-order valence-electron chi connectivity index (χ2n) is 5.93. The zero-order valence-corrected chi connectivity index (χ0v) is 14.5. The largest absolute Gasteiger partial charge is 0.491 e. The summed E-state index contributed by atoms with van der Waals surface area (Å²) in [5.74, 6) is 0.689. The Balaban J connectivity index is 1.88. The summed E-state index contributed by atoms with van der Waals surface area (Å²) < 4.78 is 16.7. The van der Waals surface area contributed by atoms with E-state index in [0.717, 1.165) is 29.7 Å². The van der Waals surface area contributed by atoms with Crippen LogP contribution in [0.3, 0.4) is 0 Å². The van der Waals surface area contributed by atoms with Crippen molar-refractivity contribution in [3.63, 3.8) is 0 Å². The standard InChI is InChI=1S/C18H28N2O4/c1-3-22-8-9-23-17-10-13(2)4-5-14(17)12-20-18(21)16-7-6-15(11-19)24-16/h4-5,10,15-16H,3,6-9,11-12,19H2,1-2H3,(H,20,21)/t15-,16+/m1/s1. The molecule has 1 heterocycles. The number of rotatable bonds is 9. The number of nitrogens with one attached hydrogen (secondary N) is 1. The van der Waals surface area contributed by atoms with Gasteiger partial charge in [-0.1, -0.05) is 12.1 Å². The van der Waals surface area contributed by atoms with Crippen molar-refractivity contribution in [3.8, 4) is 5.75 Å². The molecule has 0 saturated carbocycles. The van der Waals surface area contributed by atoms with Gasteiger partial charge in [0.1, 0.15) is 18.5 Å². The summed E-state index contributed by atoms with van der Waals surface area (Å²) in [5.41, 5.74) is 7.64. The van der Waals surface area contributed by atoms with E-state index in [4.69, 9.17) is 19.9 Å². The summed E-state index contributed by atoms with van der Waals surface area (Å²) >= 11 is 0. The van der Waals surface area contributed by atoms with Crippen molar-refractivity contribution in [3.05, 3.63) is 29.3 Å². The van der Waals surface area contributed by atoms with Gasteiger partial charge in [0.2, 0.25) is 5.91 Å². The molecule has 3 N–H and O–H groups in total. The molecule has 0 bridgehead atoms. The van der Waals surface area contributed by atoms with Crippen molar-refractivity contribution in [2.45, 2.75) is 45.4 Å². The average molecular weight is 336 g/mol. The lowest BCUT2D eigenvalue weighted by molar-refractivity contribution is -0.132. The molecule has 0 unspecified atom stereocenters. The molecule has 6 heteroatoms. The molecule has 1 amide bonds. The molecule has 0 spiro atoms. The van der Waals surface area contributed by atoms with Gasteiger partial charge in [-0.15, -0.1) is 0 Å². The van der Waals surface area contributed by atoms with Gasteiger partial charge in [-0.2, -0.15) is 0 Å². The third-order valence-electron chi connectivity index (χ3n) is 4.03. The maximum Gasteiger partial charge on any atom is 0.249 e. The first-order chi connectivity index (χ1) is 11.6. The maximum atomic E-state index is 12.2. The van der Waals surface area contributed by atoms with Gasteiger partial charge in [0.15, 0.2) is 0 Å². The van der Waals surface area contributed by atoms with Crippen molar-refractivity contribution in [2.24, 2.45) is 5.73 Å². The minimum atomic E-state index is -0.397. The summed E-state index contributed by atoms with van der Waals surface area (Å²) in [5, 5.41) is 2.93. The quantitative estimate of drug-likeness (QED) is 0.668. The Morgan fingerprint density at radius 2 is 2.21 bits per heavy atom. The van der Waals surface area contributed by atoms with E-state index in [9.17, 15) is 4.79 Å². The first-order valence-corrected chi connectivity index (χ1v) is 8.57. The van der Waals surface area contributed by atoms with Crippen molar-refractivity contribution < 1.29 is 19.0 Å². The van der Waals surface area contributed by atoms with E-state index in [1.807, 2.05) is 32.0 Å². The van der Waals surface area contributed by atoms with Crippen LogP contribution in [0.5, 0.6) is 5.75 Å². The summed E-state index contributed by atoms with van der Waals surface area (Å²) in [7, 11) is 0. The van der Waals surface area contributed by atoms with Crippen molar-refractivity contribution in [1.82, 2.24) is 5.32 Å². The molecule has 0 radical (unpaired) electrons. The van der Waals surface area contributed by atoms with E-state index in [1.54, 1.807) is 0 Å². The van der Waals surface area contributed by atoms with Gasteiger partial charge in [0.25, 0.3) is 0 Å². The highest BCUT2D eigenvalue weighted by molar-refractivity contribution is 5.81. The number of carbonyl (C=O) groups excluding carboxylic acids is 1.